The number of nitrogens with one attached hydrogen (secondary N) is 1. The van der Waals surface area contributed by atoms with Crippen LogP contribution in [-0.4, -0.2) is 32.9 Å². The van der Waals surface area contributed by atoms with E-state index in [0.717, 1.165) is 0 Å². The minimum Gasteiger partial charge on any atom is -0.334 e. The SMILES string of the molecule is CCN(Cc1nc2ccccc2c(=O)[nH]1)C(=O)C(C)(C)N. The molecule has 6 heteroatoms. The summed E-state index contributed by atoms with van der Waals surface area (Å²) in [6.45, 7) is 5.91. The summed E-state index contributed by atoms with van der Waals surface area (Å²) in [4.78, 5) is 32.9. The molecule has 0 unspecified atom stereocenters. The van der Waals surface area contributed by atoms with Crippen molar-refractivity contribution >= 4 is 16.8 Å². The molecule has 112 valence electrons. The summed E-state index contributed by atoms with van der Waals surface area (Å²) in [7, 11) is 0. The van der Waals surface area contributed by atoms with Gasteiger partial charge in [-0.2, -0.15) is 0 Å². The van der Waals surface area contributed by atoms with Crippen molar-refractivity contribution in [2.45, 2.75) is 32.9 Å². The summed E-state index contributed by atoms with van der Waals surface area (Å²) in [6.07, 6.45) is 0. The van der Waals surface area contributed by atoms with Crippen LogP contribution in [-0.2, 0) is 11.3 Å². The Kier molecular flexibility index (Phi) is 4.09. The monoisotopic (exact) mass is 288 g/mol. The third-order valence-corrected chi connectivity index (χ3v) is 3.22. The minimum absolute atomic E-state index is 0.180. The van der Waals surface area contributed by atoms with Crippen LogP contribution in [0.5, 0.6) is 0 Å². The molecule has 0 saturated heterocycles. The topological polar surface area (TPSA) is 92.1 Å². The van der Waals surface area contributed by atoms with E-state index in [1.165, 1.54) is 0 Å². The zero-order chi connectivity index (χ0) is 15.6. The second kappa shape index (κ2) is 5.65. The molecule has 21 heavy (non-hydrogen) atoms. The Balaban J connectivity index is 2.34. The van der Waals surface area contributed by atoms with Crippen LogP contribution in [0.1, 0.15) is 26.6 Å². The molecule has 0 aliphatic rings. The molecule has 0 bridgehead atoms. The Morgan fingerprint density at radius 2 is 2.05 bits per heavy atom. The molecule has 6 nitrogen and oxygen atoms in total. The van der Waals surface area contributed by atoms with E-state index in [0.29, 0.717) is 23.3 Å². The third kappa shape index (κ3) is 3.28. The minimum atomic E-state index is -0.951. The van der Waals surface area contributed by atoms with Crippen LogP contribution in [0.2, 0.25) is 0 Å². The molecule has 2 aromatic rings. The van der Waals surface area contributed by atoms with Crippen molar-refractivity contribution in [1.29, 1.82) is 0 Å². The summed E-state index contributed by atoms with van der Waals surface area (Å²) >= 11 is 0. The lowest BCUT2D eigenvalue weighted by Gasteiger charge is -2.27. The van der Waals surface area contributed by atoms with Gasteiger partial charge in [0.2, 0.25) is 5.91 Å². The van der Waals surface area contributed by atoms with Gasteiger partial charge in [0.1, 0.15) is 5.82 Å². The highest BCUT2D eigenvalue weighted by Gasteiger charge is 2.27. The van der Waals surface area contributed by atoms with Gasteiger partial charge >= 0.3 is 0 Å². The Hall–Kier alpha value is -2.21. The first kappa shape index (κ1) is 15.2. The van der Waals surface area contributed by atoms with Gasteiger partial charge in [0.15, 0.2) is 0 Å². The number of nitrogens with zero attached hydrogens (tertiary/aromatic N) is 2. The fourth-order valence-electron chi connectivity index (χ4n) is 2.13. The average Bonchev–Trinajstić information content (AvgIpc) is 2.43. The van der Waals surface area contributed by atoms with Crippen molar-refractivity contribution in [2.75, 3.05) is 6.54 Å². The number of hydrogen-bond acceptors (Lipinski definition) is 4. The fraction of sp³-hybridized carbons (Fsp3) is 0.400. The molecule has 0 saturated carbocycles. The lowest BCUT2D eigenvalue weighted by molar-refractivity contribution is -0.136. The highest BCUT2D eigenvalue weighted by atomic mass is 16.2. The number of amides is 1. The van der Waals surface area contributed by atoms with Crippen molar-refractivity contribution in [1.82, 2.24) is 14.9 Å². The van der Waals surface area contributed by atoms with Gasteiger partial charge in [-0.25, -0.2) is 4.98 Å². The van der Waals surface area contributed by atoms with E-state index in [1.54, 1.807) is 36.9 Å². The molecule has 2 rings (SSSR count). The van der Waals surface area contributed by atoms with Gasteiger partial charge in [0.25, 0.3) is 5.56 Å². The second-order valence-corrected chi connectivity index (χ2v) is 5.57. The van der Waals surface area contributed by atoms with Crippen LogP contribution in [0.15, 0.2) is 29.1 Å². The molecule has 1 aromatic heterocycles. The average molecular weight is 288 g/mol. The molecule has 1 aromatic carbocycles. The number of hydrogen-bond donors (Lipinski definition) is 2. The number of likely N-dealkylation sites (N-methyl/N-ethyl adjacent to an activating group) is 1. The maximum Gasteiger partial charge on any atom is 0.258 e. The second-order valence-electron chi connectivity index (χ2n) is 5.57. The predicted molar refractivity (Wildman–Crippen MR) is 81.7 cm³/mol. The number of aromatic amines is 1. The van der Waals surface area contributed by atoms with E-state index in [9.17, 15) is 9.59 Å². The van der Waals surface area contributed by atoms with Gasteiger partial charge in [-0.1, -0.05) is 12.1 Å². The summed E-state index contributed by atoms with van der Waals surface area (Å²) in [6, 6.07) is 7.11. The van der Waals surface area contributed by atoms with Crippen LogP contribution in [0.4, 0.5) is 0 Å². The maximum absolute atomic E-state index is 12.2. The quantitative estimate of drug-likeness (QED) is 0.878. The van der Waals surface area contributed by atoms with E-state index in [1.807, 2.05) is 13.0 Å². The van der Waals surface area contributed by atoms with Gasteiger partial charge in [-0.05, 0) is 32.9 Å². The lowest BCUT2D eigenvalue weighted by atomic mass is 10.1. The molecular weight excluding hydrogens is 268 g/mol. The van der Waals surface area contributed by atoms with Gasteiger partial charge < -0.3 is 15.6 Å². The molecule has 0 aliphatic carbocycles. The fourth-order valence-corrected chi connectivity index (χ4v) is 2.13. The number of para-hydroxylation sites is 1. The lowest BCUT2D eigenvalue weighted by Crippen LogP contribution is -2.51. The first-order valence-corrected chi connectivity index (χ1v) is 6.89. The van der Waals surface area contributed by atoms with E-state index >= 15 is 0 Å². The Morgan fingerprint density at radius 3 is 2.67 bits per heavy atom. The third-order valence-electron chi connectivity index (χ3n) is 3.22. The van der Waals surface area contributed by atoms with Crippen molar-refractivity contribution < 1.29 is 4.79 Å². The van der Waals surface area contributed by atoms with Crippen LogP contribution < -0.4 is 11.3 Å². The van der Waals surface area contributed by atoms with Gasteiger partial charge in [0, 0.05) is 6.54 Å². The van der Waals surface area contributed by atoms with E-state index < -0.39 is 5.54 Å². The number of nitrogens with two attached hydrogens (primary N) is 1. The van der Waals surface area contributed by atoms with Gasteiger partial charge in [-0.15, -0.1) is 0 Å². The number of benzene rings is 1. The molecule has 0 fully saturated rings. The Morgan fingerprint density at radius 1 is 1.38 bits per heavy atom. The molecule has 1 amide bonds. The van der Waals surface area contributed by atoms with Crippen LogP contribution in [0.25, 0.3) is 10.9 Å². The van der Waals surface area contributed by atoms with E-state index in [2.05, 4.69) is 9.97 Å². The number of carbonyl (C=O) groups excluding carboxylic acids is 1. The van der Waals surface area contributed by atoms with Crippen molar-refractivity contribution in [3.8, 4) is 0 Å². The summed E-state index contributed by atoms with van der Waals surface area (Å²) in [5.74, 6) is 0.277. The molecule has 1 heterocycles. The molecule has 0 spiro atoms. The number of fused-ring (bicyclic) bond motifs is 1. The zero-order valence-electron chi connectivity index (χ0n) is 12.5. The predicted octanol–water partition coefficient (Wildman–Crippen LogP) is 1.01. The number of carbonyl (C=O) groups is 1. The number of rotatable bonds is 4. The first-order valence-electron chi connectivity index (χ1n) is 6.89. The molecule has 3 N–H and O–H groups in total. The van der Waals surface area contributed by atoms with Crippen molar-refractivity contribution in [2.24, 2.45) is 5.73 Å². The standard InChI is InChI=1S/C15H20N4O2/c1-4-19(14(21)15(2,3)16)9-12-17-11-8-6-5-7-10(11)13(20)18-12/h5-8H,4,9,16H2,1-3H3,(H,17,18,20). The van der Waals surface area contributed by atoms with Crippen LogP contribution in [0.3, 0.4) is 0 Å². The summed E-state index contributed by atoms with van der Waals surface area (Å²) in [5.41, 5.74) is 5.31. The normalized spacial score (nSPS) is 11.6. The summed E-state index contributed by atoms with van der Waals surface area (Å²) < 4.78 is 0. The van der Waals surface area contributed by atoms with Crippen LogP contribution >= 0.6 is 0 Å². The Labute approximate surface area is 123 Å². The highest BCUT2D eigenvalue weighted by Crippen LogP contribution is 2.10. The Bertz CT molecular complexity index is 715. The maximum atomic E-state index is 12.2. The molecule has 0 aliphatic heterocycles. The highest BCUT2D eigenvalue weighted by molar-refractivity contribution is 5.85. The van der Waals surface area contributed by atoms with Gasteiger partial charge in [-0.3, -0.25) is 9.59 Å². The van der Waals surface area contributed by atoms with Crippen LogP contribution in [0, 0.1) is 0 Å². The molecule has 0 atom stereocenters. The molecule has 0 radical (unpaired) electrons. The summed E-state index contributed by atoms with van der Waals surface area (Å²) in [5, 5.41) is 0.537. The first-order chi connectivity index (χ1) is 9.82. The van der Waals surface area contributed by atoms with Gasteiger partial charge in [0.05, 0.1) is 23.0 Å². The van der Waals surface area contributed by atoms with Crippen molar-refractivity contribution in [3.63, 3.8) is 0 Å². The van der Waals surface area contributed by atoms with E-state index in [4.69, 9.17) is 5.73 Å². The number of H-pyrrole nitrogens is 1. The van der Waals surface area contributed by atoms with E-state index in [-0.39, 0.29) is 18.0 Å². The molecular formula is C15H20N4O2. The zero-order valence-corrected chi connectivity index (χ0v) is 12.5. The van der Waals surface area contributed by atoms with Crippen molar-refractivity contribution in [3.05, 3.63) is 40.4 Å². The largest absolute Gasteiger partial charge is 0.334 e. The smallest absolute Gasteiger partial charge is 0.258 e. The number of aromatic nitrogens is 2.